The lowest BCUT2D eigenvalue weighted by Crippen LogP contribution is -2.29. The third kappa shape index (κ3) is 4.20. The van der Waals surface area contributed by atoms with Crippen LogP contribution in [0.2, 0.25) is 0 Å². The second kappa shape index (κ2) is 9.31. The van der Waals surface area contributed by atoms with Gasteiger partial charge in [-0.15, -0.1) is 0 Å². The minimum absolute atomic E-state index is 0.0414. The van der Waals surface area contributed by atoms with Gasteiger partial charge in [0.15, 0.2) is 11.5 Å². The summed E-state index contributed by atoms with van der Waals surface area (Å²) in [4.78, 5) is 18.7. The van der Waals surface area contributed by atoms with Crippen molar-refractivity contribution in [2.24, 2.45) is 0 Å². The molecule has 0 bridgehead atoms. The average Bonchev–Trinajstić information content (AvgIpc) is 3.24. The Morgan fingerprint density at radius 3 is 2.41 bits per heavy atom. The summed E-state index contributed by atoms with van der Waals surface area (Å²) in [5.41, 5.74) is 2.90. The normalized spacial score (nSPS) is 15.3. The fraction of sp³-hybridized carbons (Fsp3) is 0.185. The topological polar surface area (TPSA) is 72.9 Å². The quantitative estimate of drug-likeness (QED) is 0.409. The van der Waals surface area contributed by atoms with Crippen LogP contribution in [-0.4, -0.2) is 36.7 Å². The van der Waals surface area contributed by atoms with Crippen molar-refractivity contribution >= 4 is 16.9 Å². The van der Waals surface area contributed by atoms with E-state index in [9.17, 15) is 4.79 Å². The Labute approximate surface area is 197 Å². The van der Waals surface area contributed by atoms with Gasteiger partial charge in [-0.1, -0.05) is 42.5 Å². The predicted molar refractivity (Wildman–Crippen MR) is 129 cm³/mol. The number of ether oxygens (including phenoxy) is 3. The molecule has 1 aliphatic rings. The maximum absolute atomic E-state index is 12.5. The summed E-state index contributed by atoms with van der Waals surface area (Å²) in [7, 11) is 3.20. The van der Waals surface area contributed by atoms with E-state index in [-0.39, 0.29) is 12.1 Å². The third-order valence-corrected chi connectivity index (χ3v) is 5.98. The second-order valence-electron chi connectivity index (χ2n) is 8.02. The van der Waals surface area contributed by atoms with E-state index >= 15 is 0 Å². The Kier molecular flexibility index (Phi) is 5.91. The number of aromatic nitrogens is 1. The van der Waals surface area contributed by atoms with E-state index in [2.05, 4.69) is 10.3 Å². The SMILES string of the molecule is COc1cc2nccc(Oc3ccc(C4CNC(=O)N4Cc4ccccc4)cc3)c2cc1OC. The highest BCUT2D eigenvalue weighted by atomic mass is 16.5. The summed E-state index contributed by atoms with van der Waals surface area (Å²) >= 11 is 0. The molecule has 0 spiro atoms. The molecular formula is C27H25N3O4. The van der Waals surface area contributed by atoms with Crippen LogP contribution in [0.4, 0.5) is 4.79 Å². The Balaban J connectivity index is 1.37. The van der Waals surface area contributed by atoms with Crippen molar-refractivity contribution < 1.29 is 19.0 Å². The fourth-order valence-electron chi connectivity index (χ4n) is 4.22. The van der Waals surface area contributed by atoms with Gasteiger partial charge < -0.3 is 24.4 Å². The van der Waals surface area contributed by atoms with E-state index in [1.165, 1.54) is 0 Å². The summed E-state index contributed by atoms with van der Waals surface area (Å²) in [6.45, 7) is 1.13. The van der Waals surface area contributed by atoms with Gasteiger partial charge in [0, 0.05) is 30.7 Å². The van der Waals surface area contributed by atoms with Crippen LogP contribution in [0.1, 0.15) is 17.2 Å². The van der Waals surface area contributed by atoms with Crippen LogP contribution >= 0.6 is 0 Å². The second-order valence-corrected chi connectivity index (χ2v) is 8.02. The molecule has 0 radical (unpaired) electrons. The Morgan fingerprint density at radius 1 is 0.941 bits per heavy atom. The standard InChI is InChI=1S/C27H25N3O4/c1-32-25-14-21-22(15-26(25)33-2)28-13-12-24(21)34-20-10-8-19(9-11-20)23-16-29-27(31)30(23)17-18-6-4-3-5-7-18/h3-15,23H,16-17H2,1-2H3,(H,29,31). The average molecular weight is 456 g/mol. The molecule has 2 heterocycles. The Morgan fingerprint density at radius 2 is 1.68 bits per heavy atom. The van der Waals surface area contributed by atoms with Crippen LogP contribution in [0.5, 0.6) is 23.0 Å². The highest BCUT2D eigenvalue weighted by molar-refractivity contribution is 5.88. The van der Waals surface area contributed by atoms with E-state index in [0.717, 1.165) is 22.0 Å². The molecule has 1 aromatic heterocycles. The smallest absolute Gasteiger partial charge is 0.318 e. The molecule has 172 valence electrons. The molecule has 7 nitrogen and oxygen atoms in total. The lowest BCUT2D eigenvalue weighted by atomic mass is 10.1. The van der Waals surface area contributed by atoms with Crippen molar-refractivity contribution in [1.82, 2.24) is 15.2 Å². The number of benzene rings is 3. The molecule has 5 rings (SSSR count). The number of rotatable bonds is 7. The Bertz CT molecular complexity index is 1310. The lowest BCUT2D eigenvalue weighted by molar-refractivity contribution is 0.201. The molecule has 1 saturated heterocycles. The zero-order valence-electron chi connectivity index (χ0n) is 19.0. The van der Waals surface area contributed by atoms with Crippen LogP contribution in [0, 0.1) is 0 Å². The molecule has 2 amide bonds. The zero-order valence-corrected chi connectivity index (χ0v) is 19.0. The van der Waals surface area contributed by atoms with Gasteiger partial charge in [-0.2, -0.15) is 0 Å². The number of hydrogen-bond acceptors (Lipinski definition) is 5. The fourth-order valence-corrected chi connectivity index (χ4v) is 4.22. The van der Waals surface area contributed by atoms with Crippen LogP contribution in [0.15, 0.2) is 79.0 Å². The largest absolute Gasteiger partial charge is 0.493 e. The van der Waals surface area contributed by atoms with Gasteiger partial charge in [-0.05, 0) is 35.4 Å². The van der Waals surface area contributed by atoms with E-state index in [1.54, 1.807) is 20.4 Å². The number of carbonyl (C=O) groups excluding carboxylic acids is 1. The molecule has 1 unspecified atom stereocenters. The molecule has 1 fully saturated rings. The van der Waals surface area contributed by atoms with E-state index in [1.807, 2.05) is 77.7 Å². The summed E-state index contributed by atoms with van der Waals surface area (Å²) in [5, 5.41) is 3.78. The first kappa shape index (κ1) is 21.6. The molecule has 1 aliphatic heterocycles. The molecule has 7 heteroatoms. The van der Waals surface area contributed by atoms with Gasteiger partial charge in [-0.25, -0.2) is 4.79 Å². The molecule has 34 heavy (non-hydrogen) atoms. The first-order valence-corrected chi connectivity index (χ1v) is 11.0. The molecule has 4 aromatic rings. The lowest BCUT2D eigenvalue weighted by Gasteiger charge is -2.23. The number of fused-ring (bicyclic) bond motifs is 1. The van der Waals surface area contributed by atoms with E-state index in [0.29, 0.717) is 36.1 Å². The van der Waals surface area contributed by atoms with Gasteiger partial charge in [-0.3, -0.25) is 4.98 Å². The van der Waals surface area contributed by atoms with Gasteiger partial charge in [0.2, 0.25) is 0 Å². The molecule has 1 atom stereocenters. The van der Waals surface area contributed by atoms with Crippen molar-refractivity contribution in [3.63, 3.8) is 0 Å². The van der Waals surface area contributed by atoms with Crippen molar-refractivity contribution in [3.05, 3.63) is 90.1 Å². The highest BCUT2D eigenvalue weighted by Gasteiger charge is 2.31. The maximum atomic E-state index is 12.5. The summed E-state index contributed by atoms with van der Waals surface area (Å²) in [5.74, 6) is 2.59. The van der Waals surface area contributed by atoms with E-state index < -0.39 is 0 Å². The highest BCUT2D eigenvalue weighted by Crippen LogP contribution is 2.37. The first-order chi connectivity index (χ1) is 16.7. The summed E-state index contributed by atoms with van der Waals surface area (Å²) < 4.78 is 17.0. The number of amides is 2. The molecule has 0 aliphatic carbocycles. The summed E-state index contributed by atoms with van der Waals surface area (Å²) in [6.07, 6.45) is 1.70. The van der Waals surface area contributed by atoms with Crippen LogP contribution < -0.4 is 19.5 Å². The third-order valence-electron chi connectivity index (χ3n) is 5.98. The van der Waals surface area contributed by atoms with Crippen LogP contribution in [0.3, 0.4) is 0 Å². The van der Waals surface area contributed by atoms with Gasteiger partial charge in [0.1, 0.15) is 11.5 Å². The van der Waals surface area contributed by atoms with Crippen LogP contribution in [0.25, 0.3) is 10.9 Å². The number of hydrogen-bond donors (Lipinski definition) is 1. The van der Waals surface area contributed by atoms with Crippen molar-refractivity contribution in [2.45, 2.75) is 12.6 Å². The number of methoxy groups -OCH3 is 2. The molecular weight excluding hydrogens is 430 g/mol. The molecule has 1 N–H and O–H groups in total. The first-order valence-electron chi connectivity index (χ1n) is 11.0. The number of urea groups is 1. The van der Waals surface area contributed by atoms with Crippen molar-refractivity contribution in [1.29, 1.82) is 0 Å². The number of nitrogens with one attached hydrogen (secondary N) is 1. The Hall–Kier alpha value is -4.26. The van der Waals surface area contributed by atoms with Gasteiger partial charge in [0.05, 0.1) is 25.8 Å². The molecule has 0 saturated carbocycles. The maximum Gasteiger partial charge on any atom is 0.318 e. The monoisotopic (exact) mass is 455 g/mol. The van der Waals surface area contributed by atoms with Crippen molar-refractivity contribution in [3.8, 4) is 23.0 Å². The van der Waals surface area contributed by atoms with Gasteiger partial charge >= 0.3 is 6.03 Å². The number of nitrogens with zero attached hydrogens (tertiary/aromatic N) is 2. The number of carbonyl (C=O) groups is 1. The van der Waals surface area contributed by atoms with Crippen LogP contribution in [-0.2, 0) is 6.54 Å². The molecule has 3 aromatic carbocycles. The minimum atomic E-state index is -0.0539. The minimum Gasteiger partial charge on any atom is -0.493 e. The number of pyridine rings is 1. The van der Waals surface area contributed by atoms with Crippen molar-refractivity contribution in [2.75, 3.05) is 20.8 Å². The van der Waals surface area contributed by atoms with E-state index in [4.69, 9.17) is 14.2 Å². The van der Waals surface area contributed by atoms with Gasteiger partial charge in [0.25, 0.3) is 0 Å². The summed E-state index contributed by atoms with van der Waals surface area (Å²) in [6, 6.07) is 23.3. The predicted octanol–water partition coefficient (Wildman–Crippen LogP) is 5.31. The zero-order chi connectivity index (χ0) is 23.5.